The monoisotopic (exact) mass is 278 g/mol. The Morgan fingerprint density at radius 3 is 2.50 bits per heavy atom. The van der Waals surface area contributed by atoms with Crippen LogP contribution in [0, 0.1) is 17.7 Å². The highest BCUT2D eigenvalue weighted by atomic mass is 19.1. The summed E-state index contributed by atoms with van der Waals surface area (Å²) in [6.07, 6.45) is 0.966. The Morgan fingerprint density at radius 1 is 1.25 bits per heavy atom. The number of benzene rings is 1. The Bertz CT molecular complexity index is 411. The minimum Gasteiger partial charge on any atom is -0.310 e. The van der Waals surface area contributed by atoms with E-state index in [1.807, 2.05) is 12.1 Å². The summed E-state index contributed by atoms with van der Waals surface area (Å²) in [7, 11) is 0. The number of halogens is 1. The Kier molecular flexibility index (Phi) is 5.55. The van der Waals surface area contributed by atoms with Gasteiger partial charge in [-0.15, -0.1) is 0 Å². The molecule has 20 heavy (non-hydrogen) atoms. The van der Waals surface area contributed by atoms with E-state index in [1.165, 1.54) is 13.1 Å². The van der Waals surface area contributed by atoms with Crippen LogP contribution in [0.15, 0.2) is 24.3 Å². The molecule has 112 valence electrons. The number of likely N-dealkylation sites (tertiary alicyclic amines) is 1. The maximum atomic E-state index is 13.9. The van der Waals surface area contributed by atoms with E-state index in [0.717, 1.165) is 36.9 Å². The molecule has 0 radical (unpaired) electrons. The van der Waals surface area contributed by atoms with Crippen molar-refractivity contribution >= 4 is 0 Å². The van der Waals surface area contributed by atoms with Crippen molar-refractivity contribution in [2.45, 2.75) is 33.2 Å². The first-order valence-electron chi connectivity index (χ1n) is 7.82. The molecule has 0 aromatic heterocycles. The van der Waals surface area contributed by atoms with Gasteiger partial charge in [-0.2, -0.15) is 0 Å². The van der Waals surface area contributed by atoms with E-state index in [1.54, 1.807) is 12.1 Å². The van der Waals surface area contributed by atoms with E-state index < -0.39 is 0 Å². The lowest BCUT2D eigenvalue weighted by atomic mass is 10.0. The van der Waals surface area contributed by atoms with Crippen LogP contribution < -0.4 is 5.32 Å². The van der Waals surface area contributed by atoms with E-state index in [-0.39, 0.29) is 11.9 Å². The average Bonchev–Trinajstić information content (AvgIpc) is 2.75. The van der Waals surface area contributed by atoms with E-state index in [0.29, 0.717) is 0 Å². The standard InChI is InChI=1S/C17H27FN2/c1-4-19-17(15-7-5-6-8-16(15)18)9-10-20-11-13(2)14(3)12-20/h5-8,13-14,17,19H,4,9-12H2,1-3H3. The van der Waals surface area contributed by atoms with Gasteiger partial charge >= 0.3 is 0 Å². The second-order valence-electron chi connectivity index (χ2n) is 6.13. The van der Waals surface area contributed by atoms with Crippen LogP contribution in [0.3, 0.4) is 0 Å². The summed E-state index contributed by atoms with van der Waals surface area (Å²) in [6, 6.07) is 7.25. The molecule has 1 heterocycles. The fourth-order valence-corrected chi connectivity index (χ4v) is 3.11. The van der Waals surface area contributed by atoms with E-state index in [2.05, 4.69) is 31.0 Å². The molecular weight excluding hydrogens is 251 g/mol. The first-order valence-corrected chi connectivity index (χ1v) is 7.82. The molecule has 1 aliphatic rings. The maximum absolute atomic E-state index is 13.9. The molecule has 2 rings (SSSR count). The molecule has 0 spiro atoms. The zero-order valence-electron chi connectivity index (χ0n) is 12.9. The van der Waals surface area contributed by atoms with Gasteiger partial charge in [0.05, 0.1) is 0 Å². The summed E-state index contributed by atoms with van der Waals surface area (Å²) in [6.45, 7) is 11.0. The van der Waals surface area contributed by atoms with Gasteiger partial charge in [-0.3, -0.25) is 0 Å². The lowest BCUT2D eigenvalue weighted by molar-refractivity contribution is 0.297. The van der Waals surface area contributed by atoms with Gasteiger partial charge < -0.3 is 10.2 Å². The topological polar surface area (TPSA) is 15.3 Å². The van der Waals surface area contributed by atoms with Crippen LogP contribution >= 0.6 is 0 Å². The van der Waals surface area contributed by atoms with Crippen LogP contribution in [0.25, 0.3) is 0 Å². The maximum Gasteiger partial charge on any atom is 0.127 e. The second kappa shape index (κ2) is 7.19. The van der Waals surface area contributed by atoms with Crippen molar-refractivity contribution in [3.8, 4) is 0 Å². The third-order valence-electron chi connectivity index (χ3n) is 4.53. The Hall–Kier alpha value is -0.930. The van der Waals surface area contributed by atoms with Gasteiger partial charge in [-0.25, -0.2) is 4.39 Å². The highest BCUT2D eigenvalue weighted by Gasteiger charge is 2.26. The average molecular weight is 278 g/mol. The predicted octanol–water partition coefficient (Wildman–Crippen LogP) is 3.45. The van der Waals surface area contributed by atoms with Gasteiger partial charge in [-0.05, 0) is 37.4 Å². The molecule has 0 aliphatic carbocycles. The highest BCUT2D eigenvalue weighted by Crippen LogP contribution is 2.25. The zero-order valence-corrected chi connectivity index (χ0v) is 12.9. The lowest BCUT2D eigenvalue weighted by Gasteiger charge is -2.23. The molecule has 2 nitrogen and oxygen atoms in total. The molecule has 1 N–H and O–H groups in total. The Balaban J connectivity index is 1.95. The summed E-state index contributed by atoms with van der Waals surface area (Å²) in [5.74, 6) is 1.46. The molecule has 3 heteroatoms. The summed E-state index contributed by atoms with van der Waals surface area (Å²) in [5, 5.41) is 3.42. The van der Waals surface area contributed by atoms with Gasteiger partial charge in [0.2, 0.25) is 0 Å². The Morgan fingerprint density at radius 2 is 1.90 bits per heavy atom. The molecule has 1 aromatic carbocycles. The second-order valence-corrected chi connectivity index (χ2v) is 6.13. The third kappa shape index (κ3) is 3.80. The molecule has 1 saturated heterocycles. The van der Waals surface area contributed by atoms with E-state index in [9.17, 15) is 4.39 Å². The van der Waals surface area contributed by atoms with Crippen molar-refractivity contribution in [1.82, 2.24) is 10.2 Å². The predicted molar refractivity (Wildman–Crippen MR) is 82.2 cm³/mol. The zero-order chi connectivity index (χ0) is 14.5. The lowest BCUT2D eigenvalue weighted by Crippen LogP contribution is -2.29. The molecule has 3 atom stereocenters. The van der Waals surface area contributed by atoms with E-state index >= 15 is 0 Å². The van der Waals surface area contributed by atoms with Crippen molar-refractivity contribution in [3.63, 3.8) is 0 Å². The summed E-state index contributed by atoms with van der Waals surface area (Å²) in [5.41, 5.74) is 0.801. The van der Waals surface area contributed by atoms with Crippen LogP contribution in [0.1, 0.15) is 38.8 Å². The van der Waals surface area contributed by atoms with Crippen LogP contribution in [0.5, 0.6) is 0 Å². The molecule has 0 saturated carbocycles. The Labute approximate surface area is 122 Å². The van der Waals surface area contributed by atoms with Gasteiger partial charge in [0.1, 0.15) is 5.82 Å². The molecule has 1 aromatic rings. The number of rotatable bonds is 6. The SMILES string of the molecule is CCNC(CCN1CC(C)C(C)C1)c1ccccc1F. The highest BCUT2D eigenvalue weighted by molar-refractivity contribution is 5.21. The van der Waals surface area contributed by atoms with Crippen molar-refractivity contribution < 1.29 is 4.39 Å². The van der Waals surface area contributed by atoms with Crippen molar-refractivity contribution in [2.24, 2.45) is 11.8 Å². The molecule has 1 fully saturated rings. The van der Waals surface area contributed by atoms with Crippen molar-refractivity contribution in [1.29, 1.82) is 0 Å². The van der Waals surface area contributed by atoms with Gasteiger partial charge in [0.25, 0.3) is 0 Å². The normalized spacial score (nSPS) is 25.0. The quantitative estimate of drug-likeness (QED) is 0.857. The molecule has 1 aliphatic heterocycles. The number of hydrogen-bond donors (Lipinski definition) is 1. The fraction of sp³-hybridized carbons (Fsp3) is 0.647. The van der Waals surface area contributed by atoms with Crippen LogP contribution in [-0.4, -0.2) is 31.1 Å². The number of hydrogen-bond acceptors (Lipinski definition) is 2. The molecular formula is C17H27FN2. The molecule has 0 bridgehead atoms. The molecule has 3 unspecified atom stereocenters. The van der Waals surface area contributed by atoms with Gasteiger partial charge in [-0.1, -0.05) is 39.0 Å². The number of nitrogens with one attached hydrogen (secondary N) is 1. The minimum atomic E-state index is -0.0957. The fourth-order valence-electron chi connectivity index (χ4n) is 3.11. The first kappa shape index (κ1) is 15.5. The van der Waals surface area contributed by atoms with Gasteiger partial charge in [0, 0.05) is 24.7 Å². The number of nitrogens with zero attached hydrogens (tertiary/aromatic N) is 1. The summed E-state index contributed by atoms with van der Waals surface area (Å²) in [4.78, 5) is 2.51. The summed E-state index contributed by atoms with van der Waals surface area (Å²) < 4.78 is 13.9. The minimum absolute atomic E-state index is 0.0957. The van der Waals surface area contributed by atoms with Crippen molar-refractivity contribution in [3.05, 3.63) is 35.6 Å². The van der Waals surface area contributed by atoms with Crippen LogP contribution in [0.4, 0.5) is 4.39 Å². The van der Waals surface area contributed by atoms with Crippen molar-refractivity contribution in [2.75, 3.05) is 26.2 Å². The van der Waals surface area contributed by atoms with E-state index in [4.69, 9.17) is 0 Å². The first-order chi connectivity index (χ1) is 9.61. The van der Waals surface area contributed by atoms with Gasteiger partial charge in [0.15, 0.2) is 0 Å². The summed E-state index contributed by atoms with van der Waals surface area (Å²) >= 11 is 0. The third-order valence-corrected chi connectivity index (χ3v) is 4.53. The van der Waals surface area contributed by atoms with Crippen LogP contribution in [0.2, 0.25) is 0 Å². The smallest absolute Gasteiger partial charge is 0.127 e. The van der Waals surface area contributed by atoms with Crippen LogP contribution in [-0.2, 0) is 0 Å². The largest absolute Gasteiger partial charge is 0.310 e. The molecule has 0 amide bonds.